The van der Waals surface area contributed by atoms with Crippen LogP contribution in [0, 0.1) is 6.92 Å². The fraction of sp³-hybridized carbons (Fsp3) is 0.333. The van der Waals surface area contributed by atoms with Crippen molar-refractivity contribution >= 4 is 23.5 Å². The minimum Gasteiger partial charge on any atom is -0.481 e. The lowest BCUT2D eigenvalue weighted by molar-refractivity contribution is -0.136. The van der Waals surface area contributed by atoms with Crippen molar-refractivity contribution in [3.05, 3.63) is 58.0 Å². The van der Waals surface area contributed by atoms with Crippen LogP contribution in [0.3, 0.4) is 0 Å². The third-order valence-corrected chi connectivity index (χ3v) is 4.34. The van der Waals surface area contributed by atoms with E-state index in [2.05, 4.69) is 0 Å². The quantitative estimate of drug-likeness (QED) is 0.865. The second-order valence-electron chi connectivity index (χ2n) is 6.08. The van der Waals surface area contributed by atoms with Gasteiger partial charge in [0.2, 0.25) is 0 Å². The van der Waals surface area contributed by atoms with Crippen molar-refractivity contribution < 1.29 is 19.1 Å². The van der Waals surface area contributed by atoms with Crippen LogP contribution < -0.4 is 0 Å². The number of hydrogen-bond donors (Lipinski definition) is 1. The summed E-state index contributed by atoms with van der Waals surface area (Å²) in [6, 6.07) is 7.58. The molecule has 0 unspecified atom stereocenters. The van der Waals surface area contributed by atoms with Crippen LogP contribution in [0.15, 0.2) is 34.9 Å². The lowest BCUT2D eigenvalue weighted by atomic mass is 10.1. The molecule has 126 valence electrons. The highest BCUT2D eigenvalue weighted by molar-refractivity contribution is 6.30. The van der Waals surface area contributed by atoms with Crippen molar-refractivity contribution in [1.82, 2.24) is 4.90 Å². The molecule has 0 atom stereocenters. The number of benzene rings is 1. The first-order valence-electron chi connectivity index (χ1n) is 7.80. The fourth-order valence-corrected chi connectivity index (χ4v) is 2.86. The molecule has 1 aromatic heterocycles. The number of aliphatic carboxylic acids is 1. The number of furan rings is 1. The maximum Gasteiger partial charge on any atom is 0.311 e. The highest BCUT2D eigenvalue weighted by Gasteiger charge is 2.35. The van der Waals surface area contributed by atoms with Gasteiger partial charge in [-0.25, -0.2) is 0 Å². The Labute approximate surface area is 144 Å². The molecule has 5 nitrogen and oxygen atoms in total. The summed E-state index contributed by atoms with van der Waals surface area (Å²) in [5.41, 5.74) is 2.02. The number of halogens is 1. The zero-order chi connectivity index (χ0) is 17.3. The molecular weight excluding hydrogens is 330 g/mol. The molecule has 6 heteroatoms. The Balaban J connectivity index is 1.86. The Hall–Kier alpha value is -2.27. The summed E-state index contributed by atoms with van der Waals surface area (Å²) >= 11 is 5.91. The molecule has 1 fully saturated rings. The number of carbonyl (C=O) groups excluding carboxylic acids is 1. The van der Waals surface area contributed by atoms with Crippen LogP contribution in [0.25, 0.3) is 0 Å². The first kappa shape index (κ1) is 16.6. The van der Waals surface area contributed by atoms with Crippen molar-refractivity contribution in [2.24, 2.45) is 0 Å². The Morgan fingerprint density at radius 2 is 1.96 bits per heavy atom. The summed E-state index contributed by atoms with van der Waals surface area (Å²) in [6.07, 6.45) is 3.07. The van der Waals surface area contributed by atoms with Crippen LogP contribution in [0.5, 0.6) is 0 Å². The molecule has 1 saturated carbocycles. The Kier molecular flexibility index (Phi) is 4.62. The number of aryl methyl sites for hydroxylation is 1. The van der Waals surface area contributed by atoms with Crippen molar-refractivity contribution in [3.63, 3.8) is 0 Å². The average molecular weight is 348 g/mol. The molecular formula is C18H18ClNO4. The molecule has 1 aromatic carbocycles. The summed E-state index contributed by atoms with van der Waals surface area (Å²) < 4.78 is 5.30. The lowest BCUT2D eigenvalue weighted by Gasteiger charge is -2.23. The molecule has 0 radical (unpaired) electrons. The first-order valence-corrected chi connectivity index (χ1v) is 8.17. The summed E-state index contributed by atoms with van der Waals surface area (Å²) in [5, 5.41) is 9.66. The largest absolute Gasteiger partial charge is 0.481 e. The topological polar surface area (TPSA) is 70.7 Å². The van der Waals surface area contributed by atoms with Gasteiger partial charge in [-0.15, -0.1) is 0 Å². The monoisotopic (exact) mass is 347 g/mol. The first-order chi connectivity index (χ1) is 11.5. The summed E-state index contributed by atoms with van der Waals surface area (Å²) in [7, 11) is 0. The van der Waals surface area contributed by atoms with E-state index in [1.165, 1.54) is 6.26 Å². The number of carboxylic acids is 1. The van der Waals surface area contributed by atoms with Gasteiger partial charge in [0.15, 0.2) is 0 Å². The van der Waals surface area contributed by atoms with E-state index in [4.69, 9.17) is 21.1 Å². The van der Waals surface area contributed by atoms with Crippen LogP contribution in [0.2, 0.25) is 5.02 Å². The second-order valence-corrected chi connectivity index (χ2v) is 6.51. The third-order valence-electron chi connectivity index (χ3n) is 4.09. The van der Waals surface area contributed by atoms with Gasteiger partial charge in [-0.2, -0.15) is 0 Å². The van der Waals surface area contributed by atoms with Crippen LogP contribution >= 0.6 is 11.6 Å². The molecule has 0 saturated heterocycles. The fourth-order valence-electron chi connectivity index (χ4n) is 2.74. The van der Waals surface area contributed by atoms with E-state index in [0.29, 0.717) is 22.7 Å². The third kappa shape index (κ3) is 3.62. The molecule has 0 bridgehead atoms. The van der Waals surface area contributed by atoms with Gasteiger partial charge in [-0.1, -0.05) is 23.7 Å². The standard InChI is InChI=1S/C18H18ClNO4/c1-11-10-24-15(8-16(21)22)17(11)18(23)20(14-6-7-14)9-12-2-4-13(19)5-3-12/h2-5,10,14H,6-9H2,1H3,(H,21,22). The van der Waals surface area contributed by atoms with Crippen LogP contribution in [0.4, 0.5) is 0 Å². The molecule has 0 spiro atoms. The zero-order valence-corrected chi connectivity index (χ0v) is 14.0. The molecule has 1 amide bonds. The van der Waals surface area contributed by atoms with Crippen LogP contribution in [-0.4, -0.2) is 27.9 Å². The van der Waals surface area contributed by atoms with Gasteiger partial charge in [0.05, 0.1) is 11.8 Å². The smallest absolute Gasteiger partial charge is 0.311 e. The highest BCUT2D eigenvalue weighted by atomic mass is 35.5. The normalized spacial score (nSPS) is 13.8. The van der Waals surface area contributed by atoms with E-state index >= 15 is 0 Å². The van der Waals surface area contributed by atoms with Crippen molar-refractivity contribution in [2.45, 2.75) is 38.8 Å². The average Bonchev–Trinajstić information content (AvgIpc) is 3.30. The molecule has 1 N–H and O–H groups in total. The molecule has 0 aliphatic heterocycles. The molecule has 1 aliphatic rings. The number of amides is 1. The van der Waals surface area contributed by atoms with Crippen molar-refractivity contribution in [2.75, 3.05) is 0 Å². The number of carbonyl (C=O) groups is 2. The minimum absolute atomic E-state index is 0.171. The van der Waals surface area contributed by atoms with Crippen LogP contribution in [0.1, 0.15) is 40.1 Å². The molecule has 1 heterocycles. The minimum atomic E-state index is -1.02. The van der Waals surface area contributed by atoms with E-state index in [-0.39, 0.29) is 24.1 Å². The number of carboxylic acid groups (broad SMARTS) is 1. The van der Waals surface area contributed by atoms with Gasteiger partial charge < -0.3 is 14.4 Å². The van der Waals surface area contributed by atoms with Gasteiger partial charge in [0.1, 0.15) is 12.2 Å². The van der Waals surface area contributed by atoms with Crippen LogP contribution in [-0.2, 0) is 17.8 Å². The number of rotatable bonds is 6. The number of nitrogens with zero attached hydrogens (tertiary/aromatic N) is 1. The molecule has 24 heavy (non-hydrogen) atoms. The van der Waals surface area contributed by atoms with E-state index in [9.17, 15) is 9.59 Å². The predicted molar refractivity (Wildman–Crippen MR) is 89.1 cm³/mol. The van der Waals surface area contributed by atoms with E-state index < -0.39 is 5.97 Å². The van der Waals surface area contributed by atoms with E-state index in [1.807, 2.05) is 12.1 Å². The maximum atomic E-state index is 13.0. The SMILES string of the molecule is Cc1coc(CC(=O)O)c1C(=O)N(Cc1ccc(Cl)cc1)C1CC1. The van der Waals surface area contributed by atoms with Gasteiger partial charge in [0, 0.05) is 23.2 Å². The Bertz CT molecular complexity index is 762. The Morgan fingerprint density at radius 3 is 2.54 bits per heavy atom. The predicted octanol–water partition coefficient (Wildman–Crippen LogP) is 3.67. The van der Waals surface area contributed by atoms with E-state index in [0.717, 1.165) is 18.4 Å². The van der Waals surface area contributed by atoms with Gasteiger partial charge in [0.25, 0.3) is 5.91 Å². The van der Waals surface area contributed by atoms with Gasteiger partial charge >= 0.3 is 5.97 Å². The summed E-state index contributed by atoms with van der Waals surface area (Å²) in [4.78, 5) is 25.8. The highest BCUT2D eigenvalue weighted by Crippen LogP contribution is 2.32. The Morgan fingerprint density at radius 1 is 1.29 bits per heavy atom. The van der Waals surface area contributed by atoms with Crippen molar-refractivity contribution in [3.8, 4) is 0 Å². The summed E-state index contributed by atoms with van der Waals surface area (Å²) in [6.45, 7) is 2.23. The maximum absolute atomic E-state index is 13.0. The molecule has 2 aromatic rings. The lowest BCUT2D eigenvalue weighted by Crippen LogP contribution is -2.33. The molecule has 1 aliphatic carbocycles. The van der Waals surface area contributed by atoms with Crippen molar-refractivity contribution in [1.29, 1.82) is 0 Å². The van der Waals surface area contributed by atoms with Gasteiger partial charge in [-0.3, -0.25) is 9.59 Å². The van der Waals surface area contributed by atoms with E-state index in [1.54, 1.807) is 24.0 Å². The zero-order valence-electron chi connectivity index (χ0n) is 13.3. The summed E-state index contributed by atoms with van der Waals surface area (Å²) in [5.74, 6) is -0.976. The number of hydrogen-bond acceptors (Lipinski definition) is 3. The van der Waals surface area contributed by atoms with Gasteiger partial charge in [-0.05, 0) is 37.5 Å². The second kappa shape index (κ2) is 6.69. The molecule has 3 rings (SSSR count).